The third-order valence-corrected chi connectivity index (χ3v) is 6.10. The van der Waals surface area contributed by atoms with Crippen molar-refractivity contribution in [2.75, 3.05) is 0 Å². The van der Waals surface area contributed by atoms with Crippen LogP contribution in [0.3, 0.4) is 0 Å². The normalized spacial score (nSPS) is 16.4. The first-order valence-corrected chi connectivity index (χ1v) is 13.2. The van der Waals surface area contributed by atoms with Crippen molar-refractivity contribution in [1.82, 2.24) is 0 Å². The second kappa shape index (κ2) is 17.5. The van der Waals surface area contributed by atoms with E-state index < -0.39 is 11.9 Å². The monoisotopic (exact) mass is 597 g/mol. The molecule has 3 rings (SSSR count). The van der Waals surface area contributed by atoms with Crippen LogP contribution in [-0.2, 0) is 26.4 Å². The molecule has 0 aromatic heterocycles. The smallest absolute Gasteiger partial charge is 0.550 e. The number of carbonyl (C=O) groups is 2. The zero-order chi connectivity index (χ0) is 29.9. The van der Waals surface area contributed by atoms with Crippen LogP contribution in [0.2, 0.25) is 0 Å². The molecule has 2 unspecified atom stereocenters. The number of hydrogen-bond acceptors (Lipinski definition) is 8. The van der Waals surface area contributed by atoms with Crippen molar-refractivity contribution >= 4 is 24.4 Å². The van der Waals surface area contributed by atoms with Crippen molar-refractivity contribution in [2.45, 2.75) is 98.6 Å². The summed E-state index contributed by atoms with van der Waals surface area (Å²) in [7, 11) is 0. The van der Waals surface area contributed by atoms with Gasteiger partial charge in [-0.3, -0.25) is 9.98 Å². The van der Waals surface area contributed by atoms with E-state index in [4.69, 9.17) is 29.8 Å². The van der Waals surface area contributed by atoms with Gasteiger partial charge in [-0.05, 0) is 93.2 Å². The molecule has 1 radical (unpaired) electrons. The molecule has 8 nitrogen and oxygen atoms in total. The van der Waals surface area contributed by atoms with Crippen molar-refractivity contribution in [1.29, 1.82) is 0 Å². The second-order valence-electron chi connectivity index (χ2n) is 10.6. The molecule has 2 atom stereocenters. The molecule has 2 aromatic carbocycles. The average Bonchev–Trinajstić information content (AvgIpc) is 3.26. The van der Waals surface area contributed by atoms with E-state index in [9.17, 15) is 10.2 Å². The molecule has 1 saturated carbocycles. The topological polar surface area (TPSA) is 145 Å². The first kappa shape index (κ1) is 36.8. The van der Waals surface area contributed by atoms with Gasteiger partial charge in [0.15, 0.2) is 0 Å². The number of aliphatic carboxylic acids is 2. The van der Waals surface area contributed by atoms with Crippen LogP contribution in [0.15, 0.2) is 34.3 Å². The fourth-order valence-electron chi connectivity index (χ4n) is 4.33. The summed E-state index contributed by atoms with van der Waals surface area (Å²) in [5.74, 6) is -0.946. The molecule has 1 aliphatic carbocycles. The van der Waals surface area contributed by atoms with Gasteiger partial charge in [0.1, 0.15) is 11.5 Å². The van der Waals surface area contributed by atoms with Crippen LogP contribution in [0.5, 0.6) is 11.5 Å². The molecule has 2 N–H and O–H groups in total. The molecule has 0 aliphatic heterocycles. The van der Waals surface area contributed by atoms with Crippen LogP contribution >= 0.6 is 0 Å². The maximum Gasteiger partial charge on any atom is 2.00 e. The predicted molar refractivity (Wildman–Crippen MR) is 152 cm³/mol. The molecule has 0 bridgehead atoms. The van der Waals surface area contributed by atoms with E-state index in [-0.39, 0.29) is 40.7 Å². The number of phenols is 2. The minimum atomic E-state index is -1.08. The van der Waals surface area contributed by atoms with Gasteiger partial charge < -0.3 is 30.0 Å². The standard InChI is InChI=1S/C27H36N2O2.2C2H4O2.Co/c1-16(2)24-11-18(5)9-20(26(24)30)14-28-22-7-8-23(13-22)29-15-21-10-19(6)12-25(17(3)4)27(21)31;2*1-2(3)4;/h9-12,14-17,22-23,30-31H,7-8,13H2,1-6H3;2*1H3,(H,3,4);/q;;;+2/p-2. The zero-order valence-corrected chi connectivity index (χ0v) is 25.7. The molecular formula is C31H42CoN2O6. The fraction of sp³-hybridized carbons (Fsp3) is 0.484. The Hall–Kier alpha value is -3.17. The van der Waals surface area contributed by atoms with E-state index in [1.165, 1.54) is 0 Å². The molecule has 40 heavy (non-hydrogen) atoms. The Kier molecular flexibility index (Phi) is 16.1. The SMILES string of the molecule is CC(=O)[O-].CC(=O)[O-].Cc1cc(C=NC2CCC(N=Cc3cc(C)cc(C(C)C)c3O)C2)c(O)c(C(C)C)c1.[Co+2]. The summed E-state index contributed by atoms with van der Waals surface area (Å²) in [5.41, 5.74) is 5.79. The number of aliphatic imine (C=N–C) groups is 2. The second-order valence-corrected chi connectivity index (χ2v) is 10.6. The van der Waals surface area contributed by atoms with Crippen molar-refractivity contribution in [3.63, 3.8) is 0 Å². The maximum absolute atomic E-state index is 10.6. The van der Waals surface area contributed by atoms with Gasteiger partial charge in [-0.1, -0.05) is 39.8 Å². The summed E-state index contributed by atoms with van der Waals surface area (Å²) in [6.45, 7) is 14.4. The summed E-state index contributed by atoms with van der Waals surface area (Å²) >= 11 is 0. The van der Waals surface area contributed by atoms with Gasteiger partial charge in [-0.2, -0.15) is 0 Å². The summed E-state index contributed by atoms with van der Waals surface area (Å²) in [6, 6.07) is 8.49. The summed E-state index contributed by atoms with van der Waals surface area (Å²) in [4.78, 5) is 27.3. The maximum atomic E-state index is 10.6. The Morgan fingerprint density at radius 2 is 1.07 bits per heavy atom. The molecular weight excluding hydrogens is 555 g/mol. The first-order chi connectivity index (χ1) is 18.1. The van der Waals surface area contributed by atoms with Gasteiger partial charge in [0.05, 0.1) is 12.1 Å². The van der Waals surface area contributed by atoms with Crippen LogP contribution < -0.4 is 10.2 Å². The van der Waals surface area contributed by atoms with E-state index in [0.29, 0.717) is 11.5 Å². The number of carboxylic acids is 2. The van der Waals surface area contributed by atoms with E-state index in [1.807, 2.05) is 50.5 Å². The number of aryl methyl sites for hydroxylation is 2. The van der Waals surface area contributed by atoms with E-state index in [2.05, 4.69) is 27.7 Å². The minimum absolute atomic E-state index is 0. The number of aromatic hydroxyl groups is 2. The third kappa shape index (κ3) is 12.8. The zero-order valence-electron chi connectivity index (χ0n) is 24.7. The van der Waals surface area contributed by atoms with Gasteiger partial charge in [0, 0.05) is 35.5 Å². The number of phenolic OH excluding ortho intramolecular Hbond substituents is 2. The Morgan fingerprint density at radius 1 is 0.775 bits per heavy atom. The molecule has 0 heterocycles. The van der Waals surface area contributed by atoms with Gasteiger partial charge in [0.2, 0.25) is 0 Å². The molecule has 2 aromatic rings. The van der Waals surface area contributed by atoms with Gasteiger partial charge in [-0.25, -0.2) is 0 Å². The van der Waals surface area contributed by atoms with Crippen molar-refractivity contribution in [2.24, 2.45) is 9.98 Å². The van der Waals surface area contributed by atoms with Crippen molar-refractivity contribution in [3.05, 3.63) is 57.6 Å². The van der Waals surface area contributed by atoms with Crippen molar-refractivity contribution in [3.8, 4) is 11.5 Å². The number of hydrogen-bond donors (Lipinski definition) is 2. The Balaban J connectivity index is 0.00000149. The van der Waals surface area contributed by atoms with Crippen LogP contribution in [0, 0.1) is 13.8 Å². The molecule has 0 saturated heterocycles. The van der Waals surface area contributed by atoms with Crippen LogP contribution in [0.1, 0.15) is 106 Å². The largest absolute Gasteiger partial charge is 2.00 e. The van der Waals surface area contributed by atoms with E-state index >= 15 is 0 Å². The minimum Gasteiger partial charge on any atom is -0.550 e. The number of carboxylic acid groups (broad SMARTS) is 2. The fourth-order valence-corrected chi connectivity index (χ4v) is 4.33. The van der Waals surface area contributed by atoms with E-state index in [0.717, 1.165) is 66.5 Å². The molecule has 1 aliphatic rings. The van der Waals surface area contributed by atoms with Gasteiger partial charge >= 0.3 is 16.8 Å². The van der Waals surface area contributed by atoms with Gasteiger partial charge in [0.25, 0.3) is 0 Å². The molecule has 0 spiro atoms. The average molecular weight is 598 g/mol. The van der Waals surface area contributed by atoms with Crippen LogP contribution in [-0.4, -0.2) is 46.7 Å². The first-order valence-electron chi connectivity index (χ1n) is 13.2. The van der Waals surface area contributed by atoms with E-state index in [1.54, 1.807) is 0 Å². The Morgan fingerprint density at radius 3 is 1.35 bits per heavy atom. The molecule has 1 fully saturated rings. The van der Waals surface area contributed by atoms with Crippen LogP contribution in [0.4, 0.5) is 0 Å². The summed E-state index contributed by atoms with van der Waals surface area (Å²) in [5, 5.41) is 39.0. The third-order valence-electron chi connectivity index (χ3n) is 6.10. The number of carbonyl (C=O) groups excluding carboxylic acids is 2. The van der Waals surface area contributed by atoms with Gasteiger partial charge in [-0.15, -0.1) is 0 Å². The Labute approximate surface area is 248 Å². The Bertz CT molecular complexity index is 1090. The number of nitrogens with zero attached hydrogens (tertiary/aromatic N) is 2. The quantitative estimate of drug-likeness (QED) is 0.483. The molecule has 0 amide bonds. The molecule has 221 valence electrons. The number of benzene rings is 2. The summed E-state index contributed by atoms with van der Waals surface area (Å²) in [6.07, 6.45) is 6.51. The number of rotatable bonds is 6. The summed E-state index contributed by atoms with van der Waals surface area (Å²) < 4.78 is 0. The molecule has 9 heteroatoms. The predicted octanol–water partition coefficient (Wildman–Crippen LogP) is 3.93. The van der Waals surface area contributed by atoms with Crippen molar-refractivity contribution < 1.29 is 46.8 Å². The van der Waals surface area contributed by atoms with Crippen LogP contribution in [0.25, 0.3) is 0 Å².